The molecule has 0 unspecified atom stereocenters. The van der Waals surface area contributed by atoms with E-state index in [-0.39, 0.29) is 30.0 Å². The van der Waals surface area contributed by atoms with Crippen LogP contribution in [-0.2, 0) is 16.0 Å². The van der Waals surface area contributed by atoms with Gasteiger partial charge in [-0.3, -0.25) is 4.79 Å². The van der Waals surface area contributed by atoms with Crippen LogP contribution in [-0.4, -0.2) is 53.0 Å². The van der Waals surface area contributed by atoms with E-state index in [1.54, 1.807) is 20.8 Å². The van der Waals surface area contributed by atoms with Crippen LogP contribution in [0.5, 0.6) is 0 Å². The van der Waals surface area contributed by atoms with E-state index in [0.717, 1.165) is 24.8 Å². The van der Waals surface area contributed by atoms with Crippen molar-refractivity contribution in [3.8, 4) is 0 Å². The van der Waals surface area contributed by atoms with Crippen LogP contribution in [0.15, 0.2) is 30.3 Å². The Morgan fingerprint density at radius 3 is 2.34 bits per heavy atom. The van der Waals surface area contributed by atoms with Crippen molar-refractivity contribution < 1.29 is 19.4 Å². The zero-order valence-corrected chi connectivity index (χ0v) is 20.4. The van der Waals surface area contributed by atoms with Crippen molar-refractivity contribution in [2.24, 2.45) is 5.92 Å². The Morgan fingerprint density at radius 2 is 1.75 bits per heavy atom. The summed E-state index contributed by atoms with van der Waals surface area (Å²) in [5, 5.41) is 20.2. The van der Waals surface area contributed by atoms with Gasteiger partial charge >= 0.3 is 6.09 Å². The fourth-order valence-electron chi connectivity index (χ4n) is 4.01. The highest BCUT2D eigenvalue weighted by atomic mass is 16.6. The topological polar surface area (TPSA) is 99.7 Å². The molecule has 2 amide bonds. The molecule has 0 spiro atoms. The van der Waals surface area contributed by atoms with Crippen LogP contribution < -0.4 is 16.0 Å². The lowest BCUT2D eigenvalue weighted by Crippen LogP contribution is -2.53. The molecule has 180 valence electrons. The van der Waals surface area contributed by atoms with E-state index in [1.165, 1.54) is 0 Å². The molecule has 1 fully saturated rings. The van der Waals surface area contributed by atoms with Crippen molar-refractivity contribution in [1.82, 2.24) is 16.0 Å². The number of ether oxygens (including phenoxy) is 1. The Kier molecular flexibility index (Phi) is 9.10. The first-order valence-electron chi connectivity index (χ1n) is 11.6. The molecule has 1 aromatic rings. The van der Waals surface area contributed by atoms with Gasteiger partial charge in [-0.05, 0) is 66.4 Å². The van der Waals surface area contributed by atoms with Crippen LogP contribution in [0.3, 0.4) is 0 Å². The van der Waals surface area contributed by atoms with Crippen molar-refractivity contribution in [3.63, 3.8) is 0 Å². The maximum Gasteiger partial charge on any atom is 0.407 e. The van der Waals surface area contributed by atoms with Crippen molar-refractivity contribution in [2.45, 2.75) is 96.6 Å². The molecule has 0 radical (unpaired) electrons. The Hall–Kier alpha value is -2.12. The first kappa shape index (κ1) is 26.1. The number of hydrogen-bond acceptors (Lipinski definition) is 5. The average Bonchev–Trinajstić information content (AvgIpc) is 3.12. The Balaban J connectivity index is 2.01. The largest absolute Gasteiger partial charge is 0.444 e. The summed E-state index contributed by atoms with van der Waals surface area (Å²) < 4.78 is 5.39. The molecule has 0 heterocycles. The highest BCUT2D eigenvalue weighted by Gasteiger charge is 2.35. The van der Waals surface area contributed by atoms with Crippen molar-refractivity contribution in [3.05, 3.63) is 35.9 Å². The van der Waals surface area contributed by atoms with Gasteiger partial charge < -0.3 is 25.8 Å². The summed E-state index contributed by atoms with van der Waals surface area (Å²) in [5.74, 6) is -0.0671. The third-order valence-electron chi connectivity index (χ3n) is 5.41. The van der Waals surface area contributed by atoms with E-state index < -0.39 is 23.8 Å². The first-order valence-corrected chi connectivity index (χ1v) is 11.6. The van der Waals surface area contributed by atoms with Crippen molar-refractivity contribution in [1.29, 1.82) is 0 Å². The monoisotopic (exact) mass is 447 g/mol. The van der Waals surface area contributed by atoms with Gasteiger partial charge in [-0.1, -0.05) is 36.8 Å². The van der Waals surface area contributed by atoms with Crippen LogP contribution in [0.25, 0.3) is 0 Å². The molecular weight excluding hydrogens is 406 g/mol. The van der Waals surface area contributed by atoms with E-state index >= 15 is 0 Å². The van der Waals surface area contributed by atoms with E-state index in [2.05, 4.69) is 16.0 Å². The number of aliphatic hydroxyl groups is 1. The first-order chi connectivity index (χ1) is 14.8. The molecule has 0 saturated heterocycles. The lowest BCUT2D eigenvalue weighted by Gasteiger charge is -2.29. The third kappa shape index (κ3) is 9.17. The molecule has 1 aliphatic rings. The van der Waals surface area contributed by atoms with Gasteiger partial charge in [-0.2, -0.15) is 0 Å². The number of carbonyl (C=O) groups excluding carboxylic acids is 2. The van der Waals surface area contributed by atoms with E-state index in [1.807, 2.05) is 51.1 Å². The van der Waals surface area contributed by atoms with E-state index in [9.17, 15) is 14.7 Å². The molecule has 0 aliphatic heterocycles. The van der Waals surface area contributed by atoms with E-state index in [4.69, 9.17) is 4.74 Å². The van der Waals surface area contributed by atoms with Gasteiger partial charge in [0.15, 0.2) is 0 Å². The van der Waals surface area contributed by atoms with Gasteiger partial charge in [0, 0.05) is 18.1 Å². The number of rotatable bonds is 8. The average molecular weight is 448 g/mol. The highest BCUT2D eigenvalue weighted by molar-refractivity contribution is 5.80. The molecule has 4 atom stereocenters. The summed E-state index contributed by atoms with van der Waals surface area (Å²) in [6.07, 6.45) is 1.77. The number of aliphatic hydroxyl groups excluding tert-OH is 1. The zero-order chi connectivity index (χ0) is 23.9. The zero-order valence-electron chi connectivity index (χ0n) is 20.4. The molecule has 1 aliphatic carbocycles. The van der Waals surface area contributed by atoms with Crippen LogP contribution in [0.4, 0.5) is 4.79 Å². The smallest absolute Gasteiger partial charge is 0.407 e. The molecule has 2 rings (SSSR count). The molecule has 7 heteroatoms. The van der Waals surface area contributed by atoms with Gasteiger partial charge in [0.2, 0.25) is 5.91 Å². The van der Waals surface area contributed by atoms with Gasteiger partial charge in [-0.15, -0.1) is 0 Å². The van der Waals surface area contributed by atoms with Crippen LogP contribution in [0.2, 0.25) is 0 Å². The Morgan fingerprint density at radius 1 is 1.09 bits per heavy atom. The van der Waals surface area contributed by atoms with Gasteiger partial charge in [0.1, 0.15) is 5.60 Å². The van der Waals surface area contributed by atoms with Crippen molar-refractivity contribution in [2.75, 3.05) is 6.54 Å². The summed E-state index contributed by atoms with van der Waals surface area (Å²) in [6, 6.07) is 9.21. The summed E-state index contributed by atoms with van der Waals surface area (Å²) >= 11 is 0. The number of carbonyl (C=O) groups is 2. The molecule has 0 aromatic heterocycles. The van der Waals surface area contributed by atoms with E-state index in [0.29, 0.717) is 6.42 Å². The third-order valence-corrected chi connectivity index (χ3v) is 5.41. The Bertz CT molecular complexity index is 740. The number of hydrogen-bond donors (Lipinski definition) is 4. The summed E-state index contributed by atoms with van der Waals surface area (Å²) in [4.78, 5) is 25.1. The van der Waals surface area contributed by atoms with Crippen molar-refractivity contribution >= 4 is 12.0 Å². The minimum atomic E-state index is -0.838. The quantitative estimate of drug-likeness (QED) is 0.491. The summed E-state index contributed by atoms with van der Waals surface area (Å²) in [6.45, 7) is 11.6. The number of amides is 2. The molecule has 4 N–H and O–H groups in total. The molecule has 1 aromatic carbocycles. The molecule has 1 saturated carbocycles. The fourth-order valence-corrected chi connectivity index (χ4v) is 4.01. The summed E-state index contributed by atoms with van der Waals surface area (Å²) in [5.41, 5.74) is 0.111. The normalized spacial score (nSPS) is 21.0. The standard InChI is InChI=1S/C25H41N3O4/c1-24(2,3)28-22(30)18-13-10-14-19(18)26-16-21(29)20(15-17-11-8-7-9-12-17)27-23(31)32-25(4,5)6/h7-9,11-12,18-21,26,29H,10,13-16H2,1-6H3,(H,27,31)(H,28,30)/t18-,19+,20-,21-/m0/s1. The van der Waals surface area contributed by atoms with Crippen LogP contribution >= 0.6 is 0 Å². The van der Waals surface area contributed by atoms with Gasteiger partial charge in [0.05, 0.1) is 18.1 Å². The lowest BCUT2D eigenvalue weighted by atomic mass is 9.98. The number of benzene rings is 1. The van der Waals surface area contributed by atoms with Crippen LogP contribution in [0, 0.1) is 5.92 Å². The molecular formula is C25H41N3O4. The lowest BCUT2D eigenvalue weighted by molar-refractivity contribution is -0.126. The minimum Gasteiger partial charge on any atom is -0.444 e. The molecule has 7 nitrogen and oxygen atoms in total. The summed E-state index contributed by atoms with van der Waals surface area (Å²) in [7, 11) is 0. The maximum absolute atomic E-state index is 12.7. The second-order valence-corrected chi connectivity index (χ2v) is 10.8. The van der Waals surface area contributed by atoms with Gasteiger partial charge in [0.25, 0.3) is 0 Å². The van der Waals surface area contributed by atoms with Crippen LogP contribution in [0.1, 0.15) is 66.4 Å². The second kappa shape index (κ2) is 11.1. The fraction of sp³-hybridized carbons (Fsp3) is 0.680. The second-order valence-electron chi connectivity index (χ2n) is 10.8. The predicted octanol–water partition coefficient (Wildman–Crippen LogP) is 3.16. The molecule has 32 heavy (non-hydrogen) atoms. The maximum atomic E-state index is 12.7. The number of alkyl carbamates (subject to hydrolysis) is 1. The highest BCUT2D eigenvalue weighted by Crippen LogP contribution is 2.26. The minimum absolute atomic E-state index is 0.00546. The van der Waals surface area contributed by atoms with Gasteiger partial charge in [-0.25, -0.2) is 4.79 Å². The predicted molar refractivity (Wildman–Crippen MR) is 126 cm³/mol. The Labute approximate surface area is 192 Å². The molecule has 0 bridgehead atoms. The SMILES string of the molecule is CC(C)(C)NC(=O)[C@H]1CCC[C@H]1NC[C@H](O)[C@H](Cc1ccccc1)NC(=O)OC(C)(C)C. The number of nitrogens with one attached hydrogen (secondary N) is 3.